The van der Waals surface area contributed by atoms with Crippen LogP contribution in [0.3, 0.4) is 0 Å². The molecule has 0 aliphatic carbocycles. The summed E-state index contributed by atoms with van der Waals surface area (Å²) in [5.41, 5.74) is 2.93. The molecule has 0 amide bonds. The fourth-order valence-electron chi connectivity index (χ4n) is 1.67. The highest BCUT2D eigenvalue weighted by molar-refractivity contribution is 7.07. The van der Waals surface area contributed by atoms with Gasteiger partial charge in [0.1, 0.15) is 0 Å². The summed E-state index contributed by atoms with van der Waals surface area (Å²) < 4.78 is 26.6. The fraction of sp³-hybridized carbons (Fsp3) is 0.250. The zero-order valence-electron chi connectivity index (χ0n) is 9.28. The third-order valence-corrected chi connectivity index (χ3v) is 3.22. The van der Waals surface area contributed by atoms with Crippen LogP contribution in [0.4, 0.5) is 8.78 Å². The van der Waals surface area contributed by atoms with Gasteiger partial charge in [0.2, 0.25) is 0 Å². The molecule has 0 saturated heterocycles. The van der Waals surface area contributed by atoms with Crippen LogP contribution >= 0.6 is 11.3 Å². The zero-order chi connectivity index (χ0) is 12.3. The van der Waals surface area contributed by atoms with Crippen molar-refractivity contribution in [3.8, 4) is 0 Å². The first-order valence-corrected chi connectivity index (χ1v) is 6.15. The van der Waals surface area contributed by atoms with Crippen LogP contribution < -0.4 is 5.32 Å². The van der Waals surface area contributed by atoms with Crippen molar-refractivity contribution in [1.82, 2.24) is 10.3 Å². The number of halogens is 2. The third kappa shape index (κ3) is 2.68. The van der Waals surface area contributed by atoms with Gasteiger partial charge in [-0.05, 0) is 25.1 Å². The van der Waals surface area contributed by atoms with E-state index in [9.17, 15) is 8.78 Å². The molecule has 0 aliphatic rings. The predicted octanol–water partition coefficient (Wildman–Crippen LogP) is 2.92. The summed E-state index contributed by atoms with van der Waals surface area (Å²) in [4.78, 5) is 4.18. The Kier molecular flexibility index (Phi) is 3.81. The van der Waals surface area contributed by atoms with Gasteiger partial charge in [0.15, 0.2) is 11.6 Å². The van der Waals surface area contributed by atoms with Gasteiger partial charge < -0.3 is 5.32 Å². The van der Waals surface area contributed by atoms with Gasteiger partial charge in [-0.25, -0.2) is 13.8 Å². The van der Waals surface area contributed by atoms with E-state index >= 15 is 0 Å². The van der Waals surface area contributed by atoms with Crippen molar-refractivity contribution in [3.05, 3.63) is 52.0 Å². The summed E-state index contributed by atoms with van der Waals surface area (Å²) in [5.74, 6) is -1.58. The number of aromatic nitrogens is 1. The molecule has 0 bridgehead atoms. The van der Waals surface area contributed by atoms with Gasteiger partial charge in [-0.1, -0.05) is 12.1 Å². The number of hydrogen-bond acceptors (Lipinski definition) is 3. The van der Waals surface area contributed by atoms with E-state index in [0.717, 1.165) is 11.8 Å². The predicted molar refractivity (Wildman–Crippen MR) is 64.0 cm³/mol. The molecule has 1 aromatic carbocycles. The third-order valence-electron chi connectivity index (χ3n) is 2.61. The molecule has 1 N–H and O–H groups in total. The number of rotatable bonds is 4. The van der Waals surface area contributed by atoms with Crippen LogP contribution in [0.1, 0.15) is 17.3 Å². The molecule has 17 heavy (non-hydrogen) atoms. The summed E-state index contributed by atoms with van der Waals surface area (Å²) in [7, 11) is 1.78. The second kappa shape index (κ2) is 5.33. The number of likely N-dealkylation sites (N-methyl/N-ethyl adjacent to an activating group) is 1. The lowest BCUT2D eigenvalue weighted by Crippen LogP contribution is -2.19. The highest BCUT2D eigenvalue weighted by atomic mass is 32.1. The molecule has 2 aromatic rings. The molecule has 90 valence electrons. The Labute approximate surface area is 102 Å². The molecule has 0 radical (unpaired) electrons. The first-order chi connectivity index (χ1) is 8.22. The summed E-state index contributed by atoms with van der Waals surface area (Å²) in [6.07, 6.45) is 0.379. The second-order valence-corrected chi connectivity index (χ2v) is 4.39. The molecule has 1 aromatic heterocycles. The van der Waals surface area contributed by atoms with E-state index in [1.54, 1.807) is 18.6 Å². The molecule has 0 spiro atoms. The van der Waals surface area contributed by atoms with E-state index in [2.05, 4.69) is 10.3 Å². The van der Waals surface area contributed by atoms with E-state index in [-0.39, 0.29) is 6.04 Å². The summed E-state index contributed by atoms with van der Waals surface area (Å²) in [6.45, 7) is 0. The Hall–Kier alpha value is -1.33. The molecular formula is C12H12F2N2S. The molecule has 1 atom stereocenters. The molecule has 0 saturated carbocycles. The second-order valence-electron chi connectivity index (χ2n) is 3.67. The summed E-state index contributed by atoms with van der Waals surface area (Å²) >= 11 is 1.48. The largest absolute Gasteiger partial charge is 0.311 e. The van der Waals surface area contributed by atoms with Crippen LogP contribution in [0.2, 0.25) is 0 Å². The van der Waals surface area contributed by atoms with Gasteiger partial charge >= 0.3 is 0 Å². The van der Waals surface area contributed by atoms with Gasteiger partial charge in [0.05, 0.1) is 17.2 Å². The van der Waals surface area contributed by atoms with Gasteiger partial charge in [0, 0.05) is 5.38 Å². The maximum atomic E-state index is 13.5. The molecule has 0 aliphatic heterocycles. The van der Waals surface area contributed by atoms with Crippen molar-refractivity contribution in [1.29, 1.82) is 0 Å². The van der Waals surface area contributed by atoms with E-state index in [0.29, 0.717) is 12.0 Å². The number of nitrogens with one attached hydrogen (secondary N) is 1. The molecule has 5 heteroatoms. The van der Waals surface area contributed by atoms with Gasteiger partial charge in [-0.2, -0.15) is 0 Å². The Morgan fingerprint density at radius 2 is 2.24 bits per heavy atom. The molecule has 1 unspecified atom stereocenters. The Morgan fingerprint density at radius 3 is 2.88 bits per heavy atom. The highest BCUT2D eigenvalue weighted by Crippen LogP contribution is 2.21. The van der Waals surface area contributed by atoms with E-state index in [4.69, 9.17) is 0 Å². The Balaban J connectivity index is 2.22. The lowest BCUT2D eigenvalue weighted by Gasteiger charge is -2.14. The average Bonchev–Trinajstić information content (AvgIpc) is 2.85. The minimum Gasteiger partial charge on any atom is -0.311 e. The van der Waals surface area contributed by atoms with Crippen LogP contribution in [0.5, 0.6) is 0 Å². The average molecular weight is 254 g/mol. The monoisotopic (exact) mass is 254 g/mol. The smallest absolute Gasteiger partial charge is 0.162 e. The lowest BCUT2D eigenvalue weighted by molar-refractivity contribution is 0.485. The minimum atomic E-state index is -0.810. The van der Waals surface area contributed by atoms with Crippen molar-refractivity contribution < 1.29 is 8.78 Å². The first kappa shape index (κ1) is 12.1. The van der Waals surface area contributed by atoms with Crippen LogP contribution in [-0.4, -0.2) is 12.0 Å². The number of hydrogen-bond donors (Lipinski definition) is 1. The molecule has 0 fully saturated rings. The number of benzene rings is 1. The van der Waals surface area contributed by atoms with Gasteiger partial charge in [-0.15, -0.1) is 11.3 Å². The Bertz CT molecular complexity index is 485. The fourth-order valence-corrected chi connectivity index (χ4v) is 2.28. The highest BCUT2D eigenvalue weighted by Gasteiger charge is 2.16. The Morgan fingerprint density at radius 1 is 1.41 bits per heavy atom. The van der Waals surface area contributed by atoms with Crippen molar-refractivity contribution in [2.24, 2.45) is 0 Å². The maximum Gasteiger partial charge on any atom is 0.162 e. The van der Waals surface area contributed by atoms with E-state index in [1.807, 2.05) is 5.38 Å². The lowest BCUT2D eigenvalue weighted by atomic mass is 10.0. The van der Waals surface area contributed by atoms with Crippen LogP contribution in [0, 0.1) is 11.6 Å². The SMILES string of the molecule is CNC(Cc1cccc(F)c1F)c1cscn1. The number of thiazole rings is 1. The molecule has 1 heterocycles. The van der Waals surface area contributed by atoms with Gasteiger partial charge in [-0.3, -0.25) is 0 Å². The molecular weight excluding hydrogens is 242 g/mol. The van der Waals surface area contributed by atoms with Crippen LogP contribution in [0.15, 0.2) is 29.1 Å². The zero-order valence-corrected chi connectivity index (χ0v) is 10.1. The van der Waals surface area contributed by atoms with E-state index in [1.165, 1.54) is 17.4 Å². The molecule has 2 nitrogen and oxygen atoms in total. The summed E-state index contributed by atoms with van der Waals surface area (Å²) in [5, 5.41) is 4.96. The van der Waals surface area contributed by atoms with Crippen molar-refractivity contribution >= 4 is 11.3 Å². The van der Waals surface area contributed by atoms with Crippen LogP contribution in [-0.2, 0) is 6.42 Å². The topological polar surface area (TPSA) is 24.9 Å². The number of nitrogens with zero attached hydrogens (tertiary/aromatic N) is 1. The molecule has 2 rings (SSSR count). The van der Waals surface area contributed by atoms with Crippen molar-refractivity contribution in [3.63, 3.8) is 0 Å². The quantitative estimate of drug-likeness (QED) is 0.907. The van der Waals surface area contributed by atoms with Crippen molar-refractivity contribution in [2.75, 3.05) is 7.05 Å². The minimum absolute atomic E-state index is 0.0995. The summed E-state index contributed by atoms with van der Waals surface area (Å²) in [6, 6.07) is 4.13. The maximum absolute atomic E-state index is 13.5. The van der Waals surface area contributed by atoms with E-state index < -0.39 is 11.6 Å². The standard InChI is InChI=1S/C12H12F2N2S/c1-15-10(11-6-17-7-16-11)5-8-3-2-4-9(13)12(8)14/h2-4,6-7,10,15H,5H2,1H3. The normalized spacial score (nSPS) is 12.6. The van der Waals surface area contributed by atoms with Crippen molar-refractivity contribution in [2.45, 2.75) is 12.5 Å². The van der Waals surface area contributed by atoms with Gasteiger partial charge in [0.25, 0.3) is 0 Å². The first-order valence-electron chi connectivity index (χ1n) is 5.20. The van der Waals surface area contributed by atoms with Crippen LogP contribution in [0.25, 0.3) is 0 Å².